The first-order valence-electron chi connectivity index (χ1n) is 7.12. The zero-order chi connectivity index (χ0) is 14.4. The van der Waals surface area contributed by atoms with Gasteiger partial charge in [0.05, 0.1) is 10.7 Å². The molecule has 1 aromatic carbocycles. The van der Waals surface area contributed by atoms with E-state index in [0.717, 1.165) is 23.5 Å². The Bertz CT molecular complexity index is 461. The number of carbonyl (C=O) groups is 1. The SMILES string of the molecule is Nc1ccc(SCCC(=O)NC2CCCCC2)cc1Cl. The van der Waals surface area contributed by atoms with E-state index in [9.17, 15) is 4.79 Å². The number of thioether (sulfide) groups is 1. The van der Waals surface area contributed by atoms with Gasteiger partial charge < -0.3 is 11.1 Å². The smallest absolute Gasteiger partial charge is 0.221 e. The summed E-state index contributed by atoms with van der Waals surface area (Å²) in [6.45, 7) is 0. The molecule has 0 unspecified atom stereocenters. The molecule has 0 saturated heterocycles. The molecular formula is C15H21ClN2OS. The molecular weight excluding hydrogens is 292 g/mol. The molecule has 0 aliphatic heterocycles. The van der Waals surface area contributed by atoms with Crippen molar-refractivity contribution in [3.8, 4) is 0 Å². The molecule has 1 aliphatic rings. The third kappa shape index (κ3) is 4.91. The summed E-state index contributed by atoms with van der Waals surface area (Å²) in [5, 5.41) is 3.70. The van der Waals surface area contributed by atoms with Gasteiger partial charge in [0, 0.05) is 23.1 Å². The van der Waals surface area contributed by atoms with Crippen molar-refractivity contribution in [2.24, 2.45) is 0 Å². The van der Waals surface area contributed by atoms with Crippen molar-refractivity contribution in [3.63, 3.8) is 0 Å². The molecule has 0 heterocycles. The number of anilines is 1. The van der Waals surface area contributed by atoms with E-state index in [2.05, 4.69) is 5.32 Å². The van der Waals surface area contributed by atoms with Crippen LogP contribution in [0.4, 0.5) is 5.69 Å². The van der Waals surface area contributed by atoms with Gasteiger partial charge in [-0.2, -0.15) is 0 Å². The quantitative estimate of drug-likeness (QED) is 0.641. The molecule has 2 rings (SSSR count). The van der Waals surface area contributed by atoms with Gasteiger partial charge >= 0.3 is 0 Å². The first-order valence-corrected chi connectivity index (χ1v) is 8.48. The van der Waals surface area contributed by atoms with E-state index in [1.165, 1.54) is 19.3 Å². The average Bonchev–Trinajstić information content (AvgIpc) is 2.44. The Labute approximate surface area is 129 Å². The van der Waals surface area contributed by atoms with E-state index in [1.807, 2.05) is 12.1 Å². The van der Waals surface area contributed by atoms with E-state index < -0.39 is 0 Å². The largest absolute Gasteiger partial charge is 0.398 e. The van der Waals surface area contributed by atoms with Crippen molar-refractivity contribution in [1.29, 1.82) is 0 Å². The molecule has 3 nitrogen and oxygen atoms in total. The average molecular weight is 313 g/mol. The van der Waals surface area contributed by atoms with Crippen LogP contribution in [0.2, 0.25) is 5.02 Å². The van der Waals surface area contributed by atoms with Crippen LogP contribution < -0.4 is 11.1 Å². The molecule has 1 aromatic rings. The van der Waals surface area contributed by atoms with Gasteiger partial charge in [-0.25, -0.2) is 0 Å². The predicted molar refractivity (Wildman–Crippen MR) is 86.2 cm³/mol. The number of nitrogens with two attached hydrogens (primary N) is 1. The maximum absolute atomic E-state index is 11.9. The molecule has 0 aromatic heterocycles. The number of hydrogen-bond donors (Lipinski definition) is 2. The number of halogens is 1. The van der Waals surface area contributed by atoms with E-state index in [1.54, 1.807) is 17.8 Å². The second-order valence-corrected chi connectivity index (χ2v) is 6.76. The highest BCUT2D eigenvalue weighted by Gasteiger charge is 2.15. The zero-order valence-corrected chi connectivity index (χ0v) is 13.1. The molecule has 5 heteroatoms. The number of benzene rings is 1. The molecule has 0 bridgehead atoms. The van der Waals surface area contributed by atoms with Gasteiger partial charge in [-0.15, -0.1) is 11.8 Å². The summed E-state index contributed by atoms with van der Waals surface area (Å²) in [5.41, 5.74) is 6.25. The lowest BCUT2D eigenvalue weighted by Gasteiger charge is -2.22. The number of hydrogen-bond acceptors (Lipinski definition) is 3. The van der Waals surface area contributed by atoms with Gasteiger partial charge in [-0.3, -0.25) is 4.79 Å². The van der Waals surface area contributed by atoms with Crippen LogP contribution in [0.15, 0.2) is 23.1 Å². The lowest BCUT2D eigenvalue weighted by atomic mass is 9.95. The summed E-state index contributed by atoms with van der Waals surface area (Å²) in [7, 11) is 0. The van der Waals surface area contributed by atoms with Crippen LogP contribution in [0, 0.1) is 0 Å². The van der Waals surface area contributed by atoms with Crippen LogP contribution in [-0.4, -0.2) is 17.7 Å². The van der Waals surface area contributed by atoms with Crippen molar-refractivity contribution in [2.75, 3.05) is 11.5 Å². The monoisotopic (exact) mass is 312 g/mol. The summed E-state index contributed by atoms with van der Waals surface area (Å²) >= 11 is 7.60. The van der Waals surface area contributed by atoms with E-state index in [-0.39, 0.29) is 5.91 Å². The third-order valence-corrected chi connectivity index (χ3v) is 4.86. The zero-order valence-electron chi connectivity index (χ0n) is 11.5. The number of nitrogen functional groups attached to an aromatic ring is 1. The van der Waals surface area contributed by atoms with Crippen molar-refractivity contribution in [2.45, 2.75) is 49.5 Å². The fourth-order valence-electron chi connectivity index (χ4n) is 2.41. The van der Waals surface area contributed by atoms with Crippen LogP contribution >= 0.6 is 23.4 Å². The van der Waals surface area contributed by atoms with Crippen LogP contribution in [0.5, 0.6) is 0 Å². The first kappa shape index (κ1) is 15.5. The Hall–Kier alpha value is -0.870. The van der Waals surface area contributed by atoms with Gasteiger partial charge in [-0.1, -0.05) is 30.9 Å². The minimum atomic E-state index is 0.158. The molecule has 1 fully saturated rings. The molecule has 20 heavy (non-hydrogen) atoms. The highest BCUT2D eigenvalue weighted by Crippen LogP contribution is 2.26. The molecule has 1 amide bonds. The molecule has 0 spiro atoms. The van der Waals surface area contributed by atoms with Crippen LogP contribution in [-0.2, 0) is 4.79 Å². The Balaban J connectivity index is 1.69. The summed E-state index contributed by atoms with van der Waals surface area (Å²) < 4.78 is 0. The second-order valence-electron chi connectivity index (χ2n) is 5.18. The molecule has 0 atom stereocenters. The molecule has 1 saturated carbocycles. The summed E-state index contributed by atoms with van der Waals surface area (Å²) in [6.07, 6.45) is 6.59. The Kier molecular flexibility index (Phi) is 6.05. The van der Waals surface area contributed by atoms with Crippen molar-refractivity contribution in [1.82, 2.24) is 5.32 Å². The predicted octanol–water partition coefficient (Wildman–Crippen LogP) is 3.85. The van der Waals surface area contributed by atoms with Crippen molar-refractivity contribution < 1.29 is 4.79 Å². The van der Waals surface area contributed by atoms with E-state index >= 15 is 0 Å². The Morgan fingerprint density at radius 2 is 2.10 bits per heavy atom. The minimum Gasteiger partial charge on any atom is -0.398 e. The number of rotatable bonds is 5. The standard InChI is InChI=1S/C15H21ClN2OS/c16-13-10-12(6-7-14(13)17)20-9-8-15(19)18-11-4-2-1-3-5-11/h6-7,10-11H,1-5,8-9,17H2,(H,18,19). The Morgan fingerprint density at radius 3 is 2.80 bits per heavy atom. The maximum Gasteiger partial charge on any atom is 0.221 e. The Morgan fingerprint density at radius 1 is 1.35 bits per heavy atom. The van der Waals surface area contributed by atoms with E-state index in [0.29, 0.717) is 23.2 Å². The van der Waals surface area contributed by atoms with Gasteiger partial charge in [-0.05, 0) is 31.0 Å². The lowest BCUT2D eigenvalue weighted by molar-refractivity contribution is -0.121. The van der Waals surface area contributed by atoms with Crippen molar-refractivity contribution >= 4 is 35.0 Å². The number of carbonyl (C=O) groups excluding carboxylic acids is 1. The van der Waals surface area contributed by atoms with Crippen LogP contribution in [0.1, 0.15) is 38.5 Å². The summed E-state index contributed by atoms with van der Waals surface area (Å²) in [4.78, 5) is 12.9. The third-order valence-electron chi connectivity index (χ3n) is 3.54. The highest BCUT2D eigenvalue weighted by atomic mass is 35.5. The van der Waals surface area contributed by atoms with Crippen molar-refractivity contribution in [3.05, 3.63) is 23.2 Å². The lowest BCUT2D eigenvalue weighted by Crippen LogP contribution is -2.36. The normalized spacial score (nSPS) is 16.1. The second kappa shape index (κ2) is 7.79. The van der Waals surface area contributed by atoms with Gasteiger partial charge in [0.15, 0.2) is 0 Å². The van der Waals surface area contributed by atoms with Gasteiger partial charge in [0.1, 0.15) is 0 Å². The molecule has 3 N–H and O–H groups in total. The number of nitrogens with one attached hydrogen (secondary N) is 1. The molecule has 1 aliphatic carbocycles. The van der Waals surface area contributed by atoms with Crippen LogP contribution in [0.3, 0.4) is 0 Å². The van der Waals surface area contributed by atoms with E-state index in [4.69, 9.17) is 17.3 Å². The fourth-order valence-corrected chi connectivity index (χ4v) is 3.54. The molecule has 0 radical (unpaired) electrons. The van der Waals surface area contributed by atoms with Gasteiger partial charge in [0.25, 0.3) is 0 Å². The first-order chi connectivity index (χ1) is 9.65. The maximum atomic E-state index is 11.9. The van der Waals surface area contributed by atoms with Crippen LogP contribution in [0.25, 0.3) is 0 Å². The van der Waals surface area contributed by atoms with Gasteiger partial charge in [0.2, 0.25) is 5.91 Å². The topological polar surface area (TPSA) is 55.1 Å². The summed E-state index contributed by atoms with van der Waals surface area (Å²) in [5.74, 6) is 0.921. The minimum absolute atomic E-state index is 0.158. The fraction of sp³-hybridized carbons (Fsp3) is 0.533. The highest BCUT2D eigenvalue weighted by molar-refractivity contribution is 7.99. The molecule has 110 valence electrons. The number of amides is 1. The summed E-state index contributed by atoms with van der Waals surface area (Å²) in [6, 6.07) is 5.98.